The Morgan fingerprint density at radius 1 is 0.896 bits per heavy atom. The van der Waals surface area contributed by atoms with Crippen molar-refractivity contribution >= 4 is 24.4 Å². The van der Waals surface area contributed by atoms with Gasteiger partial charge in [0.05, 0.1) is 6.61 Å². The Labute approximate surface area is 280 Å². The van der Waals surface area contributed by atoms with Gasteiger partial charge in [-0.2, -0.15) is 0 Å². The van der Waals surface area contributed by atoms with Crippen LogP contribution in [0.25, 0.3) is 11.5 Å². The molecule has 2 aromatic rings. The Morgan fingerprint density at radius 3 is 2.19 bits per heavy atom. The van der Waals surface area contributed by atoms with E-state index in [1.807, 2.05) is 19.1 Å². The average Bonchev–Trinajstić information content (AvgIpc) is 3.34. The zero-order chi connectivity index (χ0) is 34.5. The van der Waals surface area contributed by atoms with E-state index in [1.54, 1.807) is 0 Å². The third-order valence-electron chi connectivity index (χ3n) is 9.16. The lowest BCUT2D eigenvalue weighted by Gasteiger charge is -2.31. The summed E-state index contributed by atoms with van der Waals surface area (Å²) in [5.74, 6) is 2.49. The van der Waals surface area contributed by atoms with Gasteiger partial charge in [0.15, 0.2) is 0 Å². The molecule has 3 N–H and O–H groups in total. The Bertz CT molecular complexity index is 1340. The fourth-order valence-corrected chi connectivity index (χ4v) is 6.74. The lowest BCUT2D eigenvalue weighted by molar-refractivity contribution is -0.127. The van der Waals surface area contributed by atoms with Crippen molar-refractivity contribution < 1.29 is 52.8 Å². The molecule has 2 unspecified atom stereocenters. The van der Waals surface area contributed by atoms with Crippen molar-refractivity contribution in [2.45, 2.75) is 122 Å². The molecular formula is C35H48N2O11. The SMILES string of the molecule is Cc1cccc(-c2nc(COCC3CCCC(NC(=O)C4CCCCC4)C3)c(C)o2)c1.O=C(O)O.O=C1OC(=O)O[C@@H]2CCCC[C@@H]2O1. The van der Waals surface area contributed by atoms with E-state index in [1.165, 1.54) is 31.2 Å². The van der Waals surface area contributed by atoms with Crippen LogP contribution >= 0.6 is 0 Å². The Kier molecular flexibility index (Phi) is 14.1. The number of aromatic nitrogens is 1. The smallest absolute Gasteiger partial charge is 0.450 e. The monoisotopic (exact) mass is 672 g/mol. The molecule has 6 rings (SSSR count). The average molecular weight is 673 g/mol. The van der Waals surface area contributed by atoms with Crippen molar-refractivity contribution in [2.75, 3.05) is 6.61 Å². The maximum atomic E-state index is 12.6. The van der Waals surface area contributed by atoms with E-state index in [9.17, 15) is 14.4 Å². The number of hydrogen-bond donors (Lipinski definition) is 3. The standard InChI is InChI=1S/C26H36N2O3.C8H10O5.CH2O3/c1-18-8-6-12-22(14-18)26-28-24(19(2)31-26)17-30-16-20-9-7-13-23(15-20)27-25(29)21-10-4-3-5-11-21;9-7-11-5-3-1-2-4-6(5)12-8(10)13-7;2-1(3)4/h6,8,12,14,20-21,23H,3-5,7,9-11,13,15-17H2,1-2H3,(H,27,29);5-6H,1-4H2;(H2,2,3,4)/t;5-,6+;. The first kappa shape index (κ1) is 36.7. The van der Waals surface area contributed by atoms with E-state index in [0.717, 1.165) is 74.8 Å². The van der Waals surface area contributed by atoms with Crippen molar-refractivity contribution in [1.29, 1.82) is 0 Å². The van der Waals surface area contributed by atoms with Gasteiger partial charge in [-0.3, -0.25) is 4.79 Å². The topological polar surface area (TPSA) is 184 Å². The highest BCUT2D eigenvalue weighted by molar-refractivity contribution is 5.79. The number of carbonyl (C=O) groups excluding carboxylic acids is 3. The number of rotatable bonds is 7. The van der Waals surface area contributed by atoms with Crippen LogP contribution in [0.1, 0.15) is 100 Å². The quantitative estimate of drug-likeness (QED) is 0.194. The first-order valence-corrected chi connectivity index (χ1v) is 17.0. The zero-order valence-electron chi connectivity index (χ0n) is 27.8. The molecular weight excluding hydrogens is 624 g/mol. The van der Waals surface area contributed by atoms with E-state index in [-0.39, 0.29) is 24.0 Å². The third-order valence-corrected chi connectivity index (χ3v) is 9.16. The summed E-state index contributed by atoms with van der Waals surface area (Å²) in [5.41, 5.74) is 3.06. The number of hydrogen-bond acceptors (Lipinski definition) is 10. The number of benzene rings is 1. The van der Waals surface area contributed by atoms with E-state index in [2.05, 4.69) is 34.1 Å². The highest BCUT2D eigenvalue weighted by Crippen LogP contribution is 2.29. The number of carboxylic acid groups (broad SMARTS) is 2. The molecule has 1 aromatic carbocycles. The fourth-order valence-electron chi connectivity index (χ4n) is 6.74. The minimum Gasteiger partial charge on any atom is -0.450 e. The summed E-state index contributed by atoms with van der Waals surface area (Å²) in [4.78, 5) is 47.4. The van der Waals surface area contributed by atoms with Gasteiger partial charge < -0.3 is 38.9 Å². The summed E-state index contributed by atoms with van der Waals surface area (Å²) in [6, 6.07) is 8.50. The Hall–Kier alpha value is -4.13. The molecule has 3 aliphatic carbocycles. The normalized spacial score (nSPS) is 24.0. The number of nitrogens with one attached hydrogen (secondary N) is 1. The maximum absolute atomic E-state index is 12.6. The fraction of sp³-hybridized carbons (Fsp3) is 0.629. The minimum atomic E-state index is -1.83. The number of fused-ring (bicyclic) bond motifs is 1. The summed E-state index contributed by atoms with van der Waals surface area (Å²) in [6.45, 7) is 5.19. The number of nitrogens with zero attached hydrogens (tertiary/aromatic N) is 1. The van der Waals surface area contributed by atoms with Crippen LogP contribution in [0.2, 0.25) is 0 Å². The molecule has 2 heterocycles. The van der Waals surface area contributed by atoms with Crippen LogP contribution in [0.3, 0.4) is 0 Å². The number of oxazole rings is 1. The van der Waals surface area contributed by atoms with Gasteiger partial charge in [-0.05, 0) is 89.7 Å². The molecule has 13 nitrogen and oxygen atoms in total. The number of aryl methyl sites for hydroxylation is 2. The van der Waals surface area contributed by atoms with E-state index in [4.69, 9.17) is 33.6 Å². The van der Waals surface area contributed by atoms with Crippen molar-refractivity contribution in [3.05, 3.63) is 41.3 Å². The summed E-state index contributed by atoms with van der Waals surface area (Å²) >= 11 is 0. The van der Waals surface area contributed by atoms with Crippen LogP contribution in [0.15, 0.2) is 28.7 Å². The maximum Gasteiger partial charge on any atom is 0.518 e. The van der Waals surface area contributed by atoms with Gasteiger partial charge in [-0.1, -0.05) is 43.4 Å². The van der Waals surface area contributed by atoms with Crippen LogP contribution < -0.4 is 5.32 Å². The molecule has 4 aliphatic rings. The van der Waals surface area contributed by atoms with Crippen molar-refractivity contribution in [2.24, 2.45) is 11.8 Å². The number of ether oxygens (including phenoxy) is 4. The van der Waals surface area contributed by atoms with E-state index in [0.29, 0.717) is 31.1 Å². The molecule has 4 atom stereocenters. The molecule has 0 bridgehead atoms. The number of cyclic esters (lactones) is 2. The van der Waals surface area contributed by atoms with Gasteiger partial charge in [0.2, 0.25) is 11.8 Å². The van der Waals surface area contributed by atoms with Gasteiger partial charge in [0, 0.05) is 24.1 Å². The van der Waals surface area contributed by atoms with Crippen molar-refractivity contribution in [1.82, 2.24) is 10.3 Å². The number of amides is 1. The molecule has 0 spiro atoms. The van der Waals surface area contributed by atoms with Gasteiger partial charge >= 0.3 is 18.5 Å². The minimum absolute atomic E-state index is 0.239. The second kappa shape index (κ2) is 18.4. The molecule has 1 amide bonds. The van der Waals surface area contributed by atoms with Gasteiger partial charge in [0.1, 0.15) is 23.7 Å². The summed E-state index contributed by atoms with van der Waals surface area (Å²) in [7, 11) is 0. The molecule has 264 valence electrons. The van der Waals surface area contributed by atoms with E-state index >= 15 is 0 Å². The molecule has 13 heteroatoms. The second-order valence-electron chi connectivity index (χ2n) is 13.0. The molecule has 1 saturated heterocycles. The van der Waals surface area contributed by atoms with Crippen molar-refractivity contribution in [3.63, 3.8) is 0 Å². The van der Waals surface area contributed by atoms with Crippen LogP contribution in [0, 0.1) is 25.7 Å². The molecule has 48 heavy (non-hydrogen) atoms. The molecule has 3 saturated carbocycles. The van der Waals surface area contributed by atoms with Gasteiger partial charge in [0.25, 0.3) is 0 Å². The first-order valence-electron chi connectivity index (χ1n) is 17.0. The molecule has 0 radical (unpaired) electrons. The van der Waals surface area contributed by atoms with Crippen LogP contribution in [0.4, 0.5) is 14.4 Å². The summed E-state index contributed by atoms with van der Waals surface area (Å²) in [5, 5.41) is 17.3. The van der Waals surface area contributed by atoms with Crippen LogP contribution in [-0.2, 0) is 30.3 Å². The molecule has 1 aliphatic heterocycles. The van der Waals surface area contributed by atoms with Gasteiger partial charge in [-0.15, -0.1) is 0 Å². The molecule has 4 fully saturated rings. The van der Waals surface area contributed by atoms with Crippen molar-refractivity contribution in [3.8, 4) is 11.5 Å². The predicted molar refractivity (Wildman–Crippen MR) is 172 cm³/mol. The lowest BCUT2D eigenvalue weighted by Crippen LogP contribution is -2.42. The number of carbonyl (C=O) groups is 4. The van der Waals surface area contributed by atoms with E-state index < -0.39 is 18.5 Å². The molecule has 1 aromatic heterocycles. The highest BCUT2D eigenvalue weighted by Gasteiger charge is 2.36. The van der Waals surface area contributed by atoms with Crippen LogP contribution in [0.5, 0.6) is 0 Å². The van der Waals surface area contributed by atoms with Gasteiger partial charge in [-0.25, -0.2) is 19.4 Å². The summed E-state index contributed by atoms with van der Waals surface area (Å²) in [6.07, 6.45) is 9.37. The summed E-state index contributed by atoms with van der Waals surface area (Å²) < 4.78 is 25.9. The predicted octanol–water partition coefficient (Wildman–Crippen LogP) is 7.55. The lowest BCUT2D eigenvalue weighted by atomic mass is 9.84. The second-order valence-corrected chi connectivity index (χ2v) is 13.0. The third kappa shape index (κ3) is 11.8. The zero-order valence-corrected chi connectivity index (χ0v) is 27.8. The Morgan fingerprint density at radius 2 is 1.54 bits per heavy atom. The Balaban J connectivity index is 0.000000252. The first-order chi connectivity index (χ1) is 23.1. The van der Waals surface area contributed by atoms with Crippen LogP contribution in [-0.4, -0.2) is 64.4 Å². The largest absolute Gasteiger partial charge is 0.518 e. The highest BCUT2D eigenvalue weighted by atomic mass is 16.8.